The fourth-order valence-corrected chi connectivity index (χ4v) is 5.48. The second kappa shape index (κ2) is 8.16. The molecule has 8 heteroatoms. The highest BCUT2D eigenvalue weighted by molar-refractivity contribution is 9.10. The van der Waals surface area contributed by atoms with E-state index in [2.05, 4.69) is 21.2 Å². The van der Waals surface area contributed by atoms with Gasteiger partial charge in [-0.3, -0.25) is 14.4 Å². The number of Topliss-reactive ketones (excluding diaryl/α,β-unsaturated/α-hetero) is 1. The summed E-state index contributed by atoms with van der Waals surface area (Å²) in [4.78, 5) is 49.4. The van der Waals surface area contributed by atoms with Crippen molar-refractivity contribution < 1.29 is 28.7 Å². The molecule has 1 heterocycles. The van der Waals surface area contributed by atoms with Gasteiger partial charge in [-0.15, -0.1) is 0 Å². The maximum Gasteiger partial charge on any atom is 0.338 e. The van der Waals surface area contributed by atoms with E-state index in [4.69, 9.17) is 9.47 Å². The molecule has 5 rings (SSSR count). The molecule has 0 radical (unpaired) electrons. The molecule has 32 heavy (non-hydrogen) atoms. The van der Waals surface area contributed by atoms with Gasteiger partial charge in [-0.25, -0.2) is 4.79 Å². The van der Waals surface area contributed by atoms with E-state index >= 15 is 0 Å². The van der Waals surface area contributed by atoms with Gasteiger partial charge < -0.3 is 14.8 Å². The van der Waals surface area contributed by atoms with Gasteiger partial charge in [-0.2, -0.15) is 0 Å². The summed E-state index contributed by atoms with van der Waals surface area (Å²) in [5.41, 5.74) is 1.26. The third-order valence-electron chi connectivity index (χ3n) is 6.67. The molecule has 1 N–H and O–H groups in total. The van der Waals surface area contributed by atoms with E-state index in [1.54, 1.807) is 36.4 Å². The average Bonchev–Trinajstić information content (AvgIpc) is 3.41. The molecule has 2 aliphatic carbocycles. The summed E-state index contributed by atoms with van der Waals surface area (Å²) in [6.07, 6.45) is 1.61. The second-order valence-electron chi connectivity index (χ2n) is 8.50. The van der Waals surface area contributed by atoms with Gasteiger partial charge in [-0.1, -0.05) is 28.1 Å². The highest BCUT2D eigenvalue weighted by atomic mass is 79.9. The number of ketones is 1. The molecule has 2 bridgehead atoms. The fraction of sp³-hybridized carbons (Fsp3) is 0.333. The van der Waals surface area contributed by atoms with Gasteiger partial charge in [0.25, 0.3) is 0 Å². The molecule has 3 fully saturated rings. The van der Waals surface area contributed by atoms with Crippen LogP contribution in [0.3, 0.4) is 0 Å². The van der Waals surface area contributed by atoms with E-state index in [1.165, 1.54) is 12.1 Å². The Balaban J connectivity index is 1.17. The Morgan fingerprint density at radius 3 is 2.41 bits per heavy atom. The van der Waals surface area contributed by atoms with E-state index in [1.807, 2.05) is 0 Å². The maximum atomic E-state index is 12.8. The Labute approximate surface area is 192 Å². The van der Waals surface area contributed by atoms with E-state index in [-0.39, 0.29) is 59.6 Å². The summed E-state index contributed by atoms with van der Waals surface area (Å²) in [6.45, 7) is -0.359. The number of benzene rings is 2. The van der Waals surface area contributed by atoms with Crippen molar-refractivity contribution in [2.45, 2.75) is 18.9 Å². The fourth-order valence-electron chi connectivity index (χ4n) is 5.21. The first kappa shape index (κ1) is 20.9. The number of rotatable bonds is 6. The number of carbonyl (C=O) groups is 4. The molecule has 1 aliphatic heterocycles. The zero-order chi connectivity index (χ0) is 22.4. The quantitative estimate of drug-likeness (QED) is 0.483. The Morgan fingerprint density at radius 1 is 1.00 bits per heavy atom. The molecule has 5 atom stereocenters. The lowest BCUT2D eigenvalue weighted by Gasteiger charge is -2.23. The summed E-state index contributed by atoms with van der Waals surface area (Å²) in [5.74, 6) is -1.71. The van der Waals surface area contributed by atoms with Crippen LogP contribution in [0.25, 0.3) is 0 Å². The number of carbonyl (C=O) groups excluding carboxylic acids is 4. The highest BCUT2D eigenvalue weighted by Crippen LogP contribution is 2.57. The van der Waals surface area contributed by atoms with Crippen molar-refractivity contribution in [2.24, 2.45) is 23.7 Å². The van der Waals surface area contributed by atoms with Crippen LogP contribution >= 0.6 is 15.9 Å². The maximum absolute atomic E-state index is 12.8. The third-order valence-corrected chi connectivity index (χ3v) is 7.20. The zero-order valence-corrected chi connectivity index (χ0v) is 18.5. The minimum atomic E-state index is -0.624. The molecular weight excluding hydrogens is 478 g/mol. The summed E-state index contributed by atoms with van der Waals surface area (Å²) < 4.78 is 11.4. The van der Waals surface area contributed by atoms with Gasteiger partial charge in [0.2, 0.25) is 5.91 Å². The molecule has 3 aliphatic rings. The molecule has 1 amide bonds. The monoisotopic (exact) mass is 497 g/mol. The van der Waals surface area contributed by atoms with Gasteiger partial charge in [0, 0.05) is 21.6 Å². The molecule has 2 aromatic rings. The summed E-state index contributed by atoms with van der Waals surface area (Å²) >= 11 is 3.30. The largest absolute Gasteiger partial charge is 0.462 e. The van der Waals surface area contributed by atoms with Crippen LogP contribution in [0.4, 0.5) is 5.69 Å². The van der Waals surface area contributed by atoms with Gasteiger partial charge in [0.05, 0.1) is 17.4 Å². The molecule has 2 aromatic carbocycles. The lowest BCUT2D eigenvalue weighted by atomic mass is 9.79. The number of ether oxygens (including phenoxy) is 2. The van der Waals surface area contributed by atoms with Crippen LogP contribution in [0.15, 0.2) is 53.0 Å². The number of esters is 2. The van der Waals surface area contributed by atoms with Gasteiger partial charge in [0.15, 0.2) is 12.4 Å². The lowest BCUT2D eigenvalue weighted by Crippen LogP contribution is -2.35. The van der Waals surface area contributed by atoms with Crippen molar-refractivity contribution in [3.8, 4) is 0 Å². The van der Waals surface area contributed by atoms with Crippen molar-refractivity contribution in [3.05, 3.63) is 64.1 Å². The van der Waals surface area contributed by atoms with Crippen LogP contribution in [0, 0.1) is 23.7 Å². The van der Waals surface area contributed by atoms with Crippen LogP contribution in [0.2, 0.25) is 0 Å². The minimum Gasteiger partial charge on any atom is -0.462 e. The van der Waals surface area contributed by atoms with Gasteiger partial charge >= 0.3 is 11.9 Å². The topological polar surface area (TPSA) is 98.8 Å². The number of nitrogens with one attached hydrogen (secondary N) is 1. The van der Waals surface area contributed by atoms with Gasteiger partial charge in [-0.05, 0) is 55.2 Å². The number of fused-ring (bicyclic) bond motifs is 1. The van der Waals surface area contributed by atoms with Crippen LogP contribution in [-0.4, -0.2) is 36.3 Å². The smallest absolute Gasteiger partial charge is 0.338 e. The first-order valence-electron chi connectivity index (χ1n) is 10.5. The Hall–Kier alpha value is -3.00. The predicted octanol–water partition coefficient (Wildman–Crippen LogP) is 3.62. The summed E-state index contributed by atoms with van der Waals surface area (Å²) in [5, 5.41) is 2.86. The third kappa shape index (κ3) is 3.72. The zero-order valence-electron chi connectivity index (χ0n) is 17.0. The Bertz CT molecular complexity index is 1090. The highest BCUT2D eigenvalue weighted by Gasteiger charge is 2.63. The first-order chi connectivity index (χ1) is 15.4. The van der Waals surface area contributed by atoms with Crippen LogP contribution < -0.4 is 5.32 Å². The average molecular weight is 498 g/mol. The standard InChI is InChI=1S/C24H20BrNO6/c25-15-5-1-12(2-6-15)18(27)11-31-23(29)13-3-7-16(8-4-13)26-22(28)20-14-9-17-19(10-14)32-24(30)21(17)20/h1-8,14,17,19-21H,9-11H2,(H,26,28)/t14-,17+,19+,20-,21-/m1/s1. The minimum absolute atomic E-state index is 0.0116. The van der Waals surface area contributed by atoms with Crippen molar-refractivity contribution in [2.75, 3.05) is 11.9 Å². The van der Waals surface area contributed by atoms with Crippen molar-refractivity contribution in [1.82, 2.24) is 0 Å². The second-order valence-corrected chi connectivity index (χ2v) is 9.41. The van der Waals surface area contributed by atoms with E-state index in [9.17, 15) is 19.2 Å². The number of anilines is 1. The van der Waals surface area contributed by atoms with Gasteiger partial charge in [0.1, 0.15) is 6.10 Å². The Kier molecular flexibility index (Phi) is 5.33. The number of hydrogen-bond donors (Lipinski definition) is 1. The van der Waals surface area contributed by atoms with Crippen LogP contribution in [-0.2, 0) is 19.1 Å². The summed E-state index contributed by atoms with van der Waals surface area (Å²) in [7, 11) is 0. The molecule has 2 saturated carbocycles. The van der Waals surface area contributed by atoms with E-state index in [0.717, 1.165) is 17.3 Å². The normalized spacial score (nSPS) is 27.2. The molecule has 7 nitrogen and oxygen atoms in total. The molecule has 164 valence electrons. The van der Waals surface area contributed by atoms with Crippen LogP contribution in [0.5, 0.6) is 0 Å². The lowest BCUT2D eigenvalue weighted by molar-refractivity contribution is -0.145. The van der Waals surface area contributed by atoms with E-state index in [0.29, 0.717) is 11.3 Å². The van der Waals surface area contributed by atoms with Crippen molar-refractivity contribution >= 4 is 45.2 Å². The van der Waals surface area contributed by atoms with Crippen molar-refractivity contribution in [1.29, 1.82) is 0 Å². The summed E-state index contributed by atoms with van der Waals surface area (Å²) in [6, 6.07) is 13.1. The number of amides is 1. The molecule has 0 aromatic heterocycles. The first-order valence-corrected chi connectivity index (χ1v) is 11.3. The Morgan fingerprint density at radius 2 is 1.69 bits per heavy atom. The molecule has 1 saturated heterocycles. The predicted molar refractivity (Wildman–Crippen MR) is 117 cm³/mol. The molecule has 0 unspecified atom stereocenters. The number of halogens is 1. The molecular formula is C24H20BrNO6. The van der Waals surface area contributed by atoms with Crippen molar-refractivity contribution in [3.63, 3.8) is 0 Å². The van der Waals surface area contributed by atoms with Crippen LogP contribution in [0.1, 0.15) is 33.6 Å². The van der Waals surface area contributed by atoms with E-state index < -0.39 is 5.97 Å². The SMILES string of the molecule is O=C(COC(=O)c1ccc(NC(=O)[C@@H]2[C@@H]3C[C@@H]4[C@H]2C(=O)O[C@H]4C3)cc1)c1ccc(Br)cc1. The molecule has 0 spiro atoms. The number of hydrogen-bond acceptors (Lipinski definition) is 6.